The predicted molar refractivity (Wildman–Crippen MR) is 57.2 cm³/mol. The number of hydrogen-bond acceptors (Lipinski definition) is 2. The standard InChI is InChI=1S/C11H19N3/c1-4-11(3,12)10-13-8-6-5-7(2)9(8)14-10/h7H,4-6,12H2,1-3H3,(H,13,14). The first-order valence-electron chi connectivity index (χ1n) is 5.42. The van der Waals surface area contributed by atoms with Crippen molar-refractivity contribution in [3.8, 4) is 0 Å². The van der Waals surface area contributed by atoms with Crippen molar-refractivity contribution in [1.82, 2.24) is 9.97 Å². The van der Waals surface area contributed by atoms with Crippen LogP contribution in [0.2, 0.25) is 0 Å². The molecule has 1 aliphatic rings. The minimum Gasteiger partial charge on any atom is -0.344 e. The van der Waals surface area contributed by atoms with E-state index in [1.807, 2.05) is 6.92 Å². The molecule has 0 radical (unpaired) electrons. The molecule has 2 unspecified atom stereocenters. The van der Waals surface area contributed by atoms with Crippen LogP contribution in [0, 0.1) is 0 Å². The highest BCUT2D eigenvalue weighted by Gasteiger charge is 2.28. The maximum atomic E-state index is 6.15. The summed E-state index contributed by atoms with van der Waals surface area (Å²) in [6.45, 7) is 6.36. The molecule has 1 aromatic heterocycles. The van der Waals surface area contributed by atoms with E-state index in [4.69, 9.17) is 5.73 Å². The maximum absolute atomic E-state index is 6.15. The van der Waals surface area contributed by atoms with E-state index in [1.54, 1.807) is 0 Å². The lowest BCUT2D eigenvalue weighted by Gasteiger charge is -2.19. The second-order valence-corrected chi connectivity index (χ2v) is 4.66. The maximum Gasteiger partial charge on any atom is 0.126 e. The largest absolute Gasteiger partial charge is 0.344 e. The third-order valence-electron chi connectivity index (χ3n) is 3.38. The molecular weight excluding hydrogens is 174 g/mol. The van der Waals surface area contributed by atoms with Crippen LogP contribution in [0.25, 0.3) is 0 Å². The molecule has 0 bridgehead atoms. The Morgan fingerprint density at radius 2 is 2.36 bits per heavy atom. The van der Waals surface area contributed by atoms with E-state index < -0.39 is 0 Å². The third-order valence-corrected chi connectivity index (χ3v) is 3.38. The second-order valence-electron chi connectivity index (χ2n) is 4.66. The first-order chi connectivity index (χ1) is 6.54. The fraction of sp³-hybridized carbons (Fsp3) is 0.727. The molecule has 0 spiro atoms. The Bertz CT molecular complexity index is 338. The van der Waals surface area contributed by atoms with Gasteiger partial charge in [0.25, 0.3) is 0 Å². The van der Waals surface area contributed by atoms with Crippen LogP contribution in [-0.4, -0.2) is 9.97 Å². The van der Waals surface area contributed by atoms with Crippen LogP contribution in [0.15, 0.2) is 0 Å². The quantitative estimate of drug-likeness (QED) is 0.755. The number of nitrogens with one attached hydrogen (secondary N) is 1. The number of aromatic nitrogens is 2. The number of fused-ring (bicyclic) bond motifs is 1. The second kappa shape index (κ2) is 3.09. The summed E-state index contributed by atoms with van der Waals surface area (Å²) in [5.41, 5.74) is 8.39. The number of H-pyrrole nitrogens is 1. The van der Waals surface area contributed by atoms with Crippen LogP contribution in [0.1, 0.15) is 56.7 Å². The van der Waals surface area contributed by atoms with Crippen molar-refractivity contribution < 1.29 is 0 Å². The Labute approximate surface area is 85.1 Å². The van der Waals surface area contributed by atoms with E-state index in [-0.39, 0.29) is 5.54 Å². The zero-order valence-electron chi connectivity index (χ0n) is 9.22. The van der Waals surface area contributed by atoms with Gasteiger partial charge in [-0.15, -0.1) is 0 Å². The molecule has 0 fully saturated rings. The average Bonchev–Trinajstić information content (AvgIpc) is 2.69. The molecule has 1 heterocycles. The minimum atomic E-state index is -0.302. The van der Waals surface area contributed by atoms with E-state index in [1.165, 1.54) is 17.8 Å². The number of aromatic amines is 1. The van der Waals surface area contributed by atoms with Gasteiger partial charge in [-0.1, -0.05) is 13.8 Å². The van der Waals surface area contributed by atoms with Gasteiger partial charge in [-0.2, -0.15) is 0 Å². The van der Waals surface area contributed by atoms with Gasteiger partial charge >= 0.3 is 0 Å². The highest BCUT2D eigenvalue weighted by Crippen LogP contribution is 2.32. The lowest BCUT2D eigenvalue weighted by Crippen LogP contribution is -2.33. The summed E-state index contributed by atoms with van der Waals surface area (Å²) < 4.78 is 0. The molecule has 3 heteroatoms. The molecule has 0 saturated heterocycles. The third kappa shape index (κ3) is 1.36. The van der Waals surface area contributed by atoms with Crippen molar-refractivity contribution in [3.05, 3.63) is 17.2 Å². The van der Waals surface area contributed by atoms with Gasteiger partial charge in [0.1, 0.15) is 5.82 Å². The summed E-state index contributed by atoms with van der Waals surface area (Å²) in [4.78, 5) is 8.01. The predicted octanol–water partition coefficient (Wildman–Crippen LogP) is 2.04. The normalized spacial score (nSPS) is 24.7. The summed E-state index contributed by atoms with van der Waals surface area (Å²) in [5, 5.41) is 0. The highest BCUT2D eigenvalue weighted by atomic mass is 15.0. The molecule has 0 aromatic carbocycles. The molecule has 1 aliphatic carbocycles. The Morgan fingerprint density at radius 1 is 1.64 bits per heavy atom. The zero-order valence-corrected chi connectivity index (χ0v) is 9.22. The van der Waals surface area contributed by atoms with Crippen molar-refractivity contribution >= 4 is 0 Å². The molecule has 14 heavy (non-hydrogen) atoms. The topological polar surface area (TPSA) is 54.7 Å². The average molecular weight is 193 g/mol. The van der Waals surface area contributed by atoms with Gasteiger partial charge in [0.15, 0.2) is 0 Å². The van der Waals surface area contributed by atoms with Crippen LogP contribution >= 0.6 is 0 Å². The fourth-order valence-electron chi connectivity index (χ4n) is 1.96. The van der Waals surface area contributed by atoms with Crippen LogP contribution < -0.4 is 5.73 Å². The van der Waals surface area contributed by atoms with Crippen LogP contribution in [-0.2, 0) is 12.0 Å². The van der Waals surface area contributed by atoms with Crippen molar-refractivity contribution in [2.75, 3.05) is 0 Å². The first-order valence-corrected chi connectivity index (χ1v) is 5.42. The number of hydrogen-bond donors (Lipinski definition) is 2. The Hall–Kier alpha value is -0.830. The van der Waals surface area contributed by atoms with Crippen LogP contribution in [0.3, 0.4) is 0 Å². The molecule has 2 atom stereocenters. The summed E-state index contributed by atoms with van der Waals surface area (Å²) >= 11 is 0. The minimum absolute atomic E-state index is 0.302. The van der Waals surface area contributed by atoms with Crippen molar-refractivity contribution in [3.63, 3.8) is 0 Å². The van der Waals surface area contributed by atoms with Crippen LogP contribution in [0.4, 0.5) is 0 Å². The SMILES string of the molecule is CCC(C)(N)c1nc2c([nH]1)CCC2C. The summed E-state index contributed by atoms with van der Waals surface area (Å²) in [7, 11) is 0. The number of aryl methyl sites for hydroxylation is 1. The van der Waals surface area contributed by atoms with Crippen LogP contribution in [0.5, 0.6) is 0 Å². The lowest BCUT2D eigenvalue weighted by atomic mass is 10.00. The Kier molecular flexibility index (Phi) is 2.14. The molecule has 0 saturated carbocycles. The van der Waals surface area contributed by atoms with Gasteiger partial charge in [0.05, 0.1) is 11.2 Å². The van der Waals surface area contributed by atoms with Gasteiger partial charge in [0.2, 0.25) is 0 Å². The van der Waals surface area contributed by atoms with E-state index in [0.29, 0.717) is 5.92 Å². The molecule has 0 amide bonds. The van der Waals surface area contributed by atoms with E-state index in [9.17, 15) is 0 Å². The van der Waals surface area contributed by atoms with E-state index in [2.05, 4.69) is 23.8 Å². The van der Waals surface area contributed by atoms with Crippen molar-refractivity contribution in [2.45, 2.75) is 51.5 Å². The van der Waals surface area contributed by atoms with Gasteiger partial charge in [-0.25, -0.2) is 4.98 Å². The van der Waals surface area contributed by atoms with Crippen molar-refractivity contribution in [2.24, 2.45) is 5.73 Å². The number of imidazole rings is 1. The Morgan fingerprint density at radius 3 is 2.93 bits per heavy atom. The van der Waals surface area contributed by atoms with E-state index in [0.717, 1.165) is 18.7 Å². The van der Waals surface area contributed by atoms with Gasteiger partial charge in [0, 0.05) is 11.6 Å². The van der Waals surface area contributed by atoms with E-state index >= 15 is 0 Å². The smallest absolute Gasteiger partial charge is 0.126 e. The van der Waals surface area contributed by atoms with Gasteiger partial charge in [-0.05, 0) is 26.2 Å². The highest BCUT2D eigenvalue weighted by molar-refractivity contribution is 5.26. The molecule has 3 N–H and O–H groups in total. The van der Waals surface area contributed by atoms with Crippen molar-refractivity contribution in [1.29, 1.82) is 0 Å². The molecule has 3 nitrogen and oxygen atoms in total. The number of rotatable bonds is 2. The van der Waals surface area contributed by atoms with Gasteiger partial charge < -0.3 is 10.7 Å². The summed E-state index contributed by atoms with van der Waals surface area (Å²) in [5.74, 6) is 1.55. The number of nitrogens with two attached hydrogens (primary N) is 1. The molecular formula is C11H19N3. The number of nitrogens with zero attached hydrogens (tertiary/aromatic N) is 1. The zero-order chi connectivity index (χ0) is 10.3. The molecule has 1 aromatic rings. The monoisotopic (exact) mass is 193 g/mol. The Balaban J connectivity index is 2.36. The summed E-state index contributed by atoms with van der Waals surface area (Å²) in [6.07, 6.45) is 3.26. The van der Waals surface area contributed by atoms with Gasteiger partial charge in [-0.3, -0.25) is 0 Å². The molecule has 2 rings (SSSR count). The first kappa shape index (κ1) is 9.71. The molecule has 78 valence electrons. The summed E-state index contributed by atoms with van der Waals surface area (Å²) in [6, 6.07) is 0. The fourth-order valence-corrected chi connectivity index (χ4v) is 1.96. The lowest BCUT2D eigenvalue weighted by molar-refractivity contribution is 0.446. The molecule has 0 aliphatic heterocycles.